The molecule has 0 bridgehead atoms. The van der Waals surface area contributed by atoms with E-state index in [-0.39, 0.29) is 0 Å². The van der Waals surface area contributed by atoms with E-state index in [1.165, 1.54) is 5.69 Å². The van der Waals surface area contributed by atoms with E-state index in [0.29, 0.717) is 0 Å². The lowest BCUT2D eigenvalue weighted by molar-refractivity contribution is -0.690. The molecule has 47 heavy (non-hydrogen) atoms. The minimum atomic E-state index is 0.825. The van der Waals surface area contributed by atoms with Crippen LogP contribution in [0.15, 0.2) is 31.0 Å². The molecule has 5 heterocycles. The Morgan fingerprint density at radius 2 is 0.872 bits per heavy atom. The molecule has 13 nitrogen and oxygen atoms in total. The average Bonchev–Trinajstić information content (AvgIpc) is 2.99. The Kier molecular flexibility index (Phi) is 16.2. The summed E-state index contributed by atoms with van der Waals surface area (Å²) in [6.45, 7) is 23.7. The first-order chi connectivity index (χ1) is 21.8. The maximum absolute atomic E-state index is 4.30. The van der Waals surface area contributed by atoms with E-state index in [1.807, 2.05) is 142 Å². The molecule has 0 radical (unpaired) electrons. The van der Waals surface area contributed by atoms with Gasteiger partial charge in [-0.3, -0.25) is 0 Å². The van der Waals surface area contributed by atoms with Crippen molar-refractivity contribution in [3.63, 3.8) is 0 Å². The van der Waals surface area contributed by atoms with Crippen LogP contribution in [0.1, 0.15) is 69.5 Å². The second-order valence-electron chi connectivity index (χ2n) is 11.4. The van der Waals surface area contributed by atoms with Gasteiger partial charge in [0, 0.05) is 88.3 Å². The van der Waals surface area contributed by atoms with Crippen molar-refractivity contribution >= 4 is 0 Å². The third kappa shape index (κ3) is 14.0. The SMILES string of the molecule is Cc1cc(C)[n+](C)c(C)n1.Cc1cc[n+](C)c(C)n1.Cc1nc(C)[n+](C)c(C)n1.Cc1nc[n+](C)c(C)n1.Cc1ncnc(C)[n+]1C. The molecule has 0 saturated heterocycles. The number of rotatable bonds is 0. The van der Waals surface area contributed by atoms with Gasteiger partial charge in [-0.1, -0.05) is 39.9 Å². The topological polar surface area (TPSA) is 123 Å². The summed E-state index contributed by atoms with van der Waals surface area (Å²) >= 11 is 0. The van der Waals surface area contributed by atoms with Crippen molar-refractivity contribution in [2.75, 3.05) is 0 Å². The van der Waals surface area contributed by atoms with Crippen LogP contribution in [0.5, 0.6) is 0 Å². The molecule has 0 unspecified atom stereocenters. The minimum absolute atomic E-state index is 0.825. The van der Waals surface area contributed by atoms with Gasteiger partial charge in [-0.2, -0.15) is 0 Å². The molecule has 0 aliphatic heterocycles. The summed E-state index contributed by atoms with van der Waals surface area (Å²) in [5.74, 6) is 8.76. The van der Waals surface area contributed by atoms with E-state index in [2.05, 4.69) is 57.4 Å². The lowest BCUT2D eigenvalue weighted by Crippen LogP contribution is -2.38. The van der Waals surface area contributed by atoms with Crippen LogP contribution < -0.4 is 22.8 Å². The number of nitrogens with zero attached hydrogens (tertiary/aromatic N) is 13. The van der Waals surface area contributed by atoms with Gasteiger partial charge >= 0.3 is 0 Å². The Morgan fingerprint density at radius 3 is 1.30 bits per heavy atom. The molecular weight excluding hydrogens is 590 g/mol. The normalized spacial score (nSPS) is 9.81. The van der Waals surface area contributed by atoms with Gasteiger partial charge in [-0.25, -0.2) is 22.8 Å². The molecule has 0 saturated carbocycles. The molecule has 13 heteroatoms. The zero-order valence-electron chi connectivity index (χ0n) is 31.7. The number of hydrogen-bond acceptors (Lipinski definition) is 8. The van der Waals surface area contributed by atoms with Gasteiger partial charge in [0.15, 0.2) is 11.4 Å². The van der Waals surface area contributed by atoms with Gasteiger partial charge in [0.2, 0.25) is 35.4 Å². The molecule has 252 valence electrons. The first kappa shape index (κ1) is 40.2. The molecule has 0 fully saturated rings. The number of aromatic nitrogens is 13. The van der Waals surface area contributed by atoms with Crippen LogP contribution >= 0.6 is 0 Å². The maximum atomic E-state index is 4.30. The highest BCUT2D eigenvalue weighted by Gasteiger charge is 2.08. The lowest BCUT2D eigenvalue weighted by atomic mass is 10.3. The van der Waals surface area contributed by atoms with Crippen molar-refractivity contribution in [3.8, 4) is 0 Å². The molecule has 5 aromatic rings. The molecule has 0 aliphatic rings. The highest BCUT2D eigenvalue weighted by molar-refractivity contribution is 5.01. The van der Waals surface area contributed by atoms with Crippen molar-refractivity contribution in [2.24, 2.45) is 35.2 Å². The van der Waals surface area contributed by atoms with E-state index in [0.717, 1.165) is 63.8 Å². The van der Waals surface area contributed by atoms with Crippen LogP contribution in [0.3, 0.4) is 0 Å². The summed E-state index contributed by atoms with van der Waals surface area (Å²) in [6.07, 6.45) is 5.35. The van der Waals surface area contributed by atoms with E-state index in [9.17, 15) is 0 Å². The summed E-state index contributed by atoms with van der Waals surface area (Å²) < 4.78 is 9.86. The van der Waals surface area contributed by atoms with Crippen molar-refractivity contribution in [3.05, 3.63) is 100 Å². The van der Waals surface area contributed by atoms with Crippen molar-refractivity contribution < 1.29 is 22.8 Å². The molecule has 0 spiro atoms. The largest absolute Gasteiger partial charge is 0.295 e. The van der Waals surface area contributed by atoms with Crippen LogP contribution in [-0.2, 0) is 35.2 Å². The van der Waals surface area contributed by atoms with E-state index >= 15 is 0 Å². The minimum Gasteiger partial charge on any atom is -0.240 e. The summed E-state index contributed by atoms with van der Waals surface area (Å²) in [6, 6.07) is 4.07. The van der Waals surface area contributed by atoms with Gasteiger partial charge in [0.25, 0.3) is 29.6 Å². The number of hydrogen-bond donors (Lipinski definition) is 0. The fourth-order valence-electron chi connectivity index (χ4n) is 3.79. The predicted octanol–water partition coefficient (Wildman–Crippen LogP) is 1.42. The van der Waals surface area contributed by atoms with Gasteiger partial charge in [-0.15, -0.1) is 0 Å². The zero-order chi connectivity index (χ0) is 36.0. The van der Waals surface area contributed by atoms with Crippen LogP contribution in [0, 0.1) is 83.1 Å². The molecule has 5 aromatic heterocycles. The van der Waals surface area contributed by atoms with Gasteiger partial charge in [0.05, 0.1) is 41.4 Å². The number of aryl methyl sites for hydroxylation is 14. The highest BCUT2D eigenvalue weighted by atomic mass is 15.1. The second-order valence-corrected chi connectivity index (χ2v) is 11.4. The maximum Gasteiger partial charge on any atom is 0.295 e. The third-order valence-corrected chi connectivity index (χ3v) is 7.49. The first-order valence-electron chi connectivity index (χ1n) is 15.4. The quantitative estimate of drug-likeness (QED) is 0.232. The van der Waals surface area contributed by atoms with E-state index < -0.39 is 0 Å². The first-order valence-corrected chi connectivity index (χ1v) is 15.4. The molecule has 0 aliphatic carbocycles. The molecular formula is C34H56N13+5. The monoisotopic (exact) mass is 646 g/mol. The summed E-state index contributed by atoms with van der Waals surface area (Å²) in [7, 11) is 9.85. The average molecular weight is 647 g/mol. The Hall–Kier alpha value is -4.81. The van der Waals surface area contributed by atoms with Crippen LogP contribution in [0.2, 0.25) is 0 Å². The van der Waals surface area contributed by atoms with Crippen molar-refractivity contribution in [2.45, 2.75) is 83.1 Å². The molecule has 5 rings (SSSR count). The van der Waals surface area contributed by atoms with Crippen LogP contribution in [-0.4, -0.2) is 39.9 Å². The van der Waals surface area contributed by atoms with Gasteiger partial charge in [0.1, 0.15) is 5.69 Å². The van der Waals surface area contributed by atoms with Gasteiger partial charge < -0.3 is 0 Å². The van der Waals surface area contributed by atoms with Crippen LogP contribution in [0.25, 0.3) is 0 Å². The zero-order valence-corrected chi connectivity index (χ0v) is 31.7. The molecule has 0 N–H and O–H groups in total. The Balaban J connectivity index is 0.000000294. The Morgan fingerprint density at radius 1 is 0.426 bits per heavy atom. The predicted molar refractivity (Wildman–Crippen MR) is 177 cm³/mol. The van der Waals surface area contributed by atoms with Crippen molar-refractivity contribution in [1.82, 2.24) is 39.9 Å². The highest BCUT2D eigenvalue weighted by Crippen LogP contribution is 1.94. The summed E-state index contributed by atoms with van der Waals surface area (Å²) in [5, 5.41) is 0. The fraction of sp³-hybridized carbons (Fsp3) is 0.500. The van der Waals surface area contributed by atoms with Crippen molar-refractivity contribution in [1.29, 1.82) is 0 Å². The molecule has 0 atom stereocenters. The lowest BCUT2D eigenvalue weighted by Gasteiger charge is -1.97. The third-order valence-electron chi connectivity index (χ3n) is 7.49. The standard InChI is InChI=1S/C8H13N2.C7H12N3.C7H11N2.2C6H10N3/c1-6-5-7(2)10(4)8(3)9-6;1-5-8-6(2)10(4)7(3)9-5;1-6-4-5-9(3)7(2)8-6;1-5-7-4-9(3)6(2)8-5;1-5-7-4-8-6(2)9(5)3/h5H,1-4H3;1-4H3;4-5H,1-3H3;2*4H,1-3H3/q5*+1. The Labute approximate surface area is 281 Å². The summed E-state index contributed by atoms with van der Waals surface area (Å²) in [5.41, 5.74) is 3.42. The van der Waals surface area contributed by atoms with E-state index in [1.54, 1.807) is 12.7 Å². The summed E-state index contributed by atoms with van der Waals surface area (Å²) in [4.78, 5) is 33.0. The van der Waals surface area contributed by atoms with Gasteiger partial charge in [-0.05, 0) is 6.92 Å². The second kappa shape index (κ2) is 19.0. The molecule has 0 aromatic carbocycles. The van der Waals surface area contributed by atoms with Crippen LogP contribution in [0.4, 0.5) is 0 Å². The smallest absolute Gasteiger partial charge is 0.240 e. The fourth-order valence-corrected chi connectivity index (χ4v) is 3.79. The molecule has 0 amide bonds. The Bertz CT molecular complexity index is 1600. The van der Waals surface area contributed by atoms with E-state index in [4.69, 9.17) is 0 Å².